The predicted molar refractivity (Wildman–Crippen MR) is 330 cm³/mol. The minimum Gasteiger partial charge on any atom is -0.309 e. The molecule has 1 aliphatic heterocycles. The van der Waals surface area contributed by atoms with Gasteiger partial charge in [0.15, 0.2) is 15.2 Å². The molecule has 13 aromatic carbocycles. The zero-order valence-corrected chi connectivity index (χ0v) is 43.8. The van der Waals surface area contributed by atoms with E-state index >= 15 is 4.57 Å². The lowest BCUT2D eigenvalue weighted by Gasteiger charge is -2.31. The van der Waals surface area contributed by atoms with Crippen molar-refractivity contribution in [2.45, 2.75) is 0 Å². The van der Waals surface area contributed by atoms with E-state index in [4.69, 9.17) is 0 Å². The van der Waals surface area contributed by atoms with Crippen molar-refractivity contribution in [3.8, 4) is 22.5 Å². The van der Waals surface area contributed by atoms with Crippen molar-refractivity contribution in [1.82, 2.24) is 9.13 Å². The second-order valence-corrected chi connectivity index (χ2v) is 27.1. The molecule has 5 heteroatoms. The molecule has 0 radical (unpaired) electrons. The molecule has 0 bridgehead atoms. The summed E-state index contributed by atoms with van der Waals surface area (Å²) in [5, 5.41) is 19.4. The van der Waals surface area contributed by atoms with Gasteiger partial charge in [-0.15, -0.1) is 0 Å². The molecule has 3 heterocycles. The van der Waals surface area contributed by atoms with Crippen LogP contribution < -0.4 is 36.7 Å². The Hall–Kier alpha value is -9.31. The van der Waals surface area contributed by atoms with Crippen molar-refractivity contribution in [3.05, 3.63) is 285 Å². The fraction of sp³-hybridized carbons (Fsp3) is 0. The van der Waals surface area contributed by atoms with Crippen LogP contribution in [-0.4, -0.2) is 17.2 Å². The summed E-state index contributed by atoms with van der Waals surface area (Å²) in [6, 6.07) is 104. The molecule has 0 amide bonds. The van der Waals surface area contributed by atoms with Gasteiger partial charge in [0.05, 0.1) is 22.1 Å². The first-order valence-electron chi connectivity index (χ1n) is 26.5. The molecule has 360 valence electrons. The fourth-order valence-electron chi connectivity index (χ4n) is 13.5. The highest BCUT2D eigenvalue weighted by Crippen LogP contribution is 2.48. The van der Waals surface area contributed by atoms with E-state index in [-0.39, 0.29) is 0 Å². The van der Waals surface area contributed by atoms with Gasteiger partial charge in [-0.05, 0) is 149 Å². The summed E-state index contributed by atoms with van der Waals surface area (Å²) in [7, 11) is -6.47. The molecule has 16 rings (SSSR count). The summed E-state index contributed by atoms with van der Waals surface area (Å²) in [6.07, 6.45) is 0. The van der Waals surface area contributed by atoms with Crippen molar-refractivity contribution < 1.29 is 4.57 Å². The van der Waals surface area contributed by atoms with Crippen molar-refractivity contribution in [3.63, 3.8) is 0 Å². The smallest absolute Gasteiger partial charge is 0.180 e. The molecule has 0 unspecified atom stereocenters. The lowest BCUT2D eigenvalue weighted by atomic mass is 9.92. The molecule has 15 aromatic rings. The van der Waals surface area contributed by atoms with Crippen molar-refractivity contribution in [2.75, 3.05) is 0 Å². The molecule has 0 saturated carbocycles. The Balaban J connectivity index is 0.988. The van der Waals surface area contributed by atoms with Gasteiger partial charge in [-0.1, -0.05) is 200 Å². The number of fused-ring (bicyclic) bond motifs is 15. The van der Waals surface area contributed by atoms with Crippen LogP contribution in [0.4, 0.5) is 0 Å². The minimum absolute atomic E-state index is 0.800. The van der Waals surface area contributed by atoms with E-state index in [1.54, 1.807) is 0 Å². The van der Waals surface area contributed by atoms with Crippen molar-refractivity contribution in [1.29, 1.82) is 0 Å². The van der Waals surface area contributed by atoms with Crippen LogP contribution >= 0.6 is 7.14 Å². The topological polar surface area (TPSA) is 26.9 Å². The van der Waals surface area contributed by atoms with E-state index in [9.17, 15) is 0 Å². The van der Waals surface area contributed by atoms with Gasteiger partial charge in [0.1, 0.15) is 0 Å². The number of rotatable bonds is 7. The average molecular weight is 1020 g/mol. The number of para-hydroxylation sites is 4. The van der Waals surface area contributed by atoms with Gasteiger partial charge < -0.3 is 13.7 Å². The third kappa shape index (κ3) is 6.23. The van der Waals surface area contributed by atoms with Gasteiger partial charge in [0, 0.05) is 48.8 Å². The number of hydrogen-bond donors (Lipinski definition) is 0. The monoisotopic (exact) mass is 1010 g/mol. The average Bonchev–Trinajstić information content (AvgIpc) is 4.27. The summed E-state index contributed by atoms with van der Waals surface area (Å²) in [5.74, 6) is 0. The molecule has 0 spiro atoms. The van der Waals surface area contributed by atoms with E-state index in [0.29, 0.717) is 0 Å². The summed E-state index contributed by atoms with van der Waals surface area (Å²) in [6.45, 7) is 0. The van der Waals surface area contributed by atoms with E-state index < -0.39 is 15.2 Å². The van der Waals surface area contributed by atoms with Crippen LogP contribution in [0, 0.1) is 0 Å². The summed E-state index contributed by atoms with van der Waals surface area (Å²) in [5.41, 5.74) is 9.18. The van der Waals surface area contributed by atoms with E-state index in [0.717, 1.165) is 87.1 Å². The molecule has 1 aliphatic rings. The first-order valence-corrected chi connectivity index (χ1v) is 30.2. The zero-order chi connectivity index (χ0) is 50.8. The third-order valence-corrected chi connectivity index (χ3v) is 24.7. The summed E-state index contributed by atoms with van der Waals surface area (Å²) in [4.78, 5) is 0. The highest BCUT2D eigenvalue weighted by Gasteiger charge is 2.49. The SMILES string of the molecule is O=P(c1ccc2c(c1)c1ccccc1c1cc3c(cc21)[Si](c1ccccc1)(c1ccccc1)c1ccccc1-3)(c1ccc2c(c1)c1ccccc1n2-c1ccccc1)c1ccc2c(c1)c1ccccc1n2-c1ccccc1. The van der Waals surface area contributed by atoms with E-state index in [1.165, 1.54) is 48.0 Å². The second kappa shape index (κ2) is 16.8. The summed E-state index contributed by atoms with van der Waals surface area (Å²) < 4.78 is 22.3. The minimum atomic E-state index is -3.67. The molecule has 0 saturated heterocycles. The fourth-order valence-corrected chi connectivity index (χ4v) is 21.4. The molecule has 0 N–H and O–H groups in total. The molecular formula is C72H47N2OPSi. The van der Waals surface area contributed by atoms with Crippen LogP contribution in [0.15, 0.2) is 285 Å². The van der Waals surface area contributed by atoms with Gasteiger partial charge in [0.2, 0.25) is 0 Å². The van der Waals surface area contributed by atoms with Gasteiger partial charge in [-0.3, -0.25) is 0 Å². The number of benzene rings is 13. The number of nitrogens with zero attached hydrogens (tertiary/aromatic N) is 2. The first kappa shape index (κ1) is 44.0. The van der Waals surface area contributed by atoms with Gasteiger partial charge >= 0.3 is 0 Å². The molecule has 2 aromatic heterocycles. The maximum Gasteiger partial charge on any atom is 0.180 e. The number of hydrogen-bond acceptors (Lipinski definition) is 1. The van der Waals surface area contributed by atoms with Crippen LogP contribution in [-0.2, 0) is 4.57 Å². The Morgan fingerprint density at radius 1 is 0.260 bits per heavy atom. The largest absolute Gasteiger partial charge is 0.309 e. The van der Waals surface area contributed by atoms with Gasteiger partial charge in [-0.25, -0.2) is 0 Å². The van der Waals surface area contributed by atoms with Crippen LogP contribution in [0.3, 0.4) is 0 Å². The molecule has 0 aliphatic carbocycles. The number of aromatic nitrogens is 2. The summed E-state index contributed by atoms with van der Waals surface area (Å²) >= 11 is 0. The normalized spacial score (nSPS) is 13.1. The molecule has 0 atom stereocenters. The molecule has 3 nitrogen and oxygen atoms in total. The predicted octanol–water partition coefficient (Wildman–Crippen LogP) is 14.3. The maximum atomic E-state index is 17.6. The maximum absolute atomic E-state index is 17.6. The molecule has 0 fully saturated rings. The third-order valence-electron chi connectivity index (χ3n) is 16.8. The van der Waals surface area contributed by atoms with Crippen LogP contribution in [0.1, 0.15) is 0 Å². The lowest BCUT2D eigenvalue weighted by Crippen LogP contribution is -2.72. The Morgan fingerprint density at radius 2 is 0.636 bits per heavy atom. The van der Waals surface area contributed by atoms with E-state index in [1.807, 2.05) is 0 Å². The van der Waals surface area contributed by atoms with Gasteiger partial charge in [0.25, 0.3) is 0 Å². The standard InChI is InChI=1S/C72H47N2OPSi/c75-76(51-38-41-69-64(44-51)58-31-15-18-34-67(58)73(69)48-21-5-1-6-22-48,52-39-42-70-65(45-52)59-32-16-19-35-68(59)74(70)49-23-7-2-8-24-49)50-37-40-57-61(43-50)55-29-13-14-30-56(55)62-46-66-60-33-17-20-36-71(60)77(72(66)47-63(57)62,53-25-9-3-10-26-53)54-27-11-4-12-28-54/h1-47H. The highest BCUT2D eigenvalue weighted by molar-refractivity contribution is 7.85. The highest BCUT2D eigenvalue weighted by atomic mass is 31.2. The van der Waals surface area contributed by atoms with Crippen LogP contribution in [0.2, 0.25) is 0 Å². The van der Waals surface area contributed by atoms with Crippen molar-refractivity contribution >= 4 is 128 Å². The molecule has 77 heavy (non-hydrogen) atoms. The Morgan fingerprint density at radius 3 is 1.17 bits per heavy atom. The van der Waals surface area contributed by atoms with E-state index in [2.05, 4.69) is 294 Å². The Kier molecular flexibility index (Phi) is 9.63. The lowest BCUT2D eigenvalue weighted by molar-refractivity contribution is 0.592. The quantitative estimate of drug-likeness (QED) is 0.0888. The zero-order valence-electron chi connectivity index (χ0n) is 41.9. The second-order valence-electron chi connectivity index (χ2n) is 20.6. The first-order chi connectivity index (χ1) is 38.1. The van der Waals surface area contributed by atoms with Crippen LogP contribution in [0.25, 0.3) is 98.4 Å². The Bertz CT molecular complexity index is 4750. The van der Waals surface area contributed by atoms with Crippen molar-refractivity contribution in [2.24, 2.45) is 0 Å². The molecular weight excluding hydrogens is 968 g/mol. The van der Waals surface area contributed by atoms with Crippen LogP contribution in [0.5, 0.6) is 0 Å². The Labute approximate surface area is 446 Å². The van der Waals surface area contributed by atoms with Gasteiger partial charge in [-0.2, -0.15) is 0 Å².